The van der Waals surface area contributed by atoms with E-state index in [1.54, 1.807) is 24.3 Å². The summed E-state index contributed by atoms with van der Waals surface area (Å²) in [5.41, 5.74) is 5.80. The van der Waals surface area contributed by atoms with Crippen molar-refractivity contribution in [1.29, 1.82) is 0 Å². The second-order valence-electron chi connectivity index (χ2n) is 6.39. The highest BCUT2D eigenvalue weighted by Gasteiger charge is 2.13. The van der Waals surface area contributed by atoms with E-state index in [2.05, 4.69) is 10.9 Å². The lowest BCUT2D eigenvalue weighted by molar-refractivity contribution is 0.0846. The fourth-order valence-electron chi connectivity index (χ4n) is 2.45. The molecule has 9 heteroatoms. The van der Waals surface area contributed by atoms with Gasteiger partial charge in [-0.3, -0.25) is 20.4 Å². The van der Waals surface area contributed by atoms with E-state index in [1.165, 1.54) is 25.3 Å². The molecule has 0 bridgehead atoms. The van der Waals surface area contributed by atoms with E-state index in [0.717, 1.165) is 12.7 Å². The Labute approximate surface area is 170 Å². The van der Waals surface area contributed by atoms with Crippen LogP contribution in [0.15, 0.2) is 42.5 Å². The number of carbonyl (C=O) groups is 2. The molecule has 2 amide bonds. The minimum Gasteiger partial charge on any atom is -0.493 e. The van der Waals surface area contributed by atoms with Crippen LogP contribution in [0.2, 0.25) is 0 Å². The molecule has 0 radical (unpaired) electrons. The molecule has 2 rings (SSSR count). The van der Waals surface area contributed by atoms with Gasteiger partial charge in [-0.2, -0.15) is 0 Å². The monoisotopic (exact) mass is 420 g/mol. The number of hydrazine groups is 1. The molecule has 2 aromatic carbocycles. The van der Waals surface area contributed by atoms with Gasteiger partial charge in [-0.25, -0.2) is 8.42 Å². The van der Waals surface area contributed by atoms with Crippen LogP contribution in [0.1, 0.15) is 39.6 Å². The fraction of sp³-hybridized carbons (Fsp3) is 0.300. The maximum Gasteiger partial charge on any atom is 0.269 e. The minimum absolute atomic E-state index is 0.106. The van der Waals surface area contributed by atoms with Gasteiger partial charge in [0.05, 0.1) is 19.5 Å². The van der Waals surface area contributed by atoms with Gasteiger partial charge in [0.1, 0.15) is 0 Å². The normalized spacial score (nSPS) is 10.9. The first-order chi connectivity index (χ1) is 13.7. The van der Waals surface area contributed by atoms with Gasteiger partial charge < -0.3 is 9.47 Å². The standard InChI is InChI=1S/C20H24N2O6S/c1-4-11-28-17-10-9-16(12-18(17)27-2)20(24)22-21-19(23)15-7-5-14(6-8-15)13-29(3,25)26/h5-10,12H,4,11,13H2,1-3H3,(H,21,23)(H,22,24). The molecule has 0 unspecified atom stereocenters. The highest BCUT2D eigenvalue weighted by molar-refractivity contribution is 7.89. The minimum atomic E-state index is -3.15. The lowest BCUT2D eigenvalue weighted by atomic mass is 10.1. The van der Waals surface area contributed by atoms with Gasteiger partial charge in [-0.15, -0.1) is 0 Å². The quantitative estimate of drug-likeness (QED) is 0.633. The molecule has 2 aromatic rings. The molecule has 8 nitrogen and oxygen atoms in total. The van der Waals surface area contributed by atoms with Crippen molar-refractivity contribution in [3.63, 3.8) is 0 Å². The van der Waals surface area contributed by atoms with E-state index < -0.39 is 21.7 Å². The van der Waals surface area contributed by atoms with Crippen molar-refractivity contribution in [2.24, 2.45) is 0 Å². The van der Waals surface area contributed by atoms with Crippen LogP contribution >= 0.6 is 0 Å². The molecule has 0 heterocycles. The molecule has 0 aromatic heterocycles. The maximum absolute atomic E-state index is 12.3. The second kappa shape index (κ2) is 9.92. The average molecular weight is 420 g/mol. The molecular formula is C20H24N2O6S. The molecule has 0 aliphatic carbocycles. The van der Waals surface area contributed by atoms with Crippen LogP contribution in [0, 0.1) is 0 Å². The van der Waals surface area contributed by atoms with Crippen LogP contribution in [-0.2, 0) is 15.6 Å². The topological polar surface area (TPSA) is 111 Å². The smallest absolute Gasteiger partial charge is 0.269 e. The van der Waals surface area contributed by atoms with Crippen LogP contribution in [-0.4, -0.2) is 40.2 Å². The third-order valence-corrected chi connectivity index (χ3v) is 4.68. The number of methoxy groups -OCH3 is 1. The number of rotatable bonds is 8. The van der Waals surface area contributed by atoms with E-state index in [1.807, 2.05) is 6.92 Å². The van der Waals surface area contributed by atoms with Gasteiger partial charge in [0.15, 0.2) is 21.3 Å². The van der Waals surface area contributed by atoms with Gasteiger partial charge in [0.2, 0.25) is 0 Å². The number of amides is 2. The summed E-state index contributed by atoms with van der Waals surface area (Å²) in [6.07, 6.45) is 1.98. The summed E-state index contributed by atoms with van der Waals surface area (Å²) in [5, 5.41) is 0. The maximum atomic E-state index is 12.3. The van der Waals surface area contributed by atoms with E-state index in [-0.39, 0.29) is 16.9 Å². The lowest BCUT2D eigenvalue weighted by Crippen LogP contribution is -2.41. The number of nitrogens with one attached hydrogen (secondary N) is 2. The summed E-state index contributed by atoms with van der Waals surface area (Å²) in [6, 6.07) is 10.8. The van der Waals surface area contributed by atoms with Crippen molar-refractivity contribution in [3.05, 3.63) is 59.2 Å². The zero-order valence-corrected chi connectivity index (χ0v) is 17.3. The number of benzene rings is 2. The summed E-state index contributed by atoms with van der Waals surface area (Å²) < 4.78 is 33.4. The first-order valence-electron chi connectivity index (χ1n) is 8.91. The summed E-state index contributed by atoms with van der Waals surface area (Å²) in [6.45, 7) is 2.51. The molecule has 0 fully saturated rings. The van der Waals surface area contributed by atoms with Crippen LogP contribution in [0.25, 0.3) is 0 Å². The predicted molar refractivity (Wildman–Crippen MR) is 109 cm³/mol. The number of carbonyl (C=O) groups excluding carboxylic acids is 2. The Hall–Kier alpha value is -3.07. The molecule has 2 N–H and O–H groups in total. The first kappa shape index (κ1) is 22.2. The number of hydrogen-bond donors (Lipinski definition) is 2. The summed E-state index contributed by atoms with van der Waals surface area (Å²) in [7, 11) is -1.68. The van der Waals surface area contributed by atoms with Crippen molar-refractivity contribution < 1.29 is 27.5 Å². The molecular weight excluding hydrogens is 396 g/mol. The van der Waals surface area contributed by atoms with Crippen LogP contribution in [0.3, 0.4) is 0 Å². The van der Waals surface area contributed by atoms with Crippen molar-refractivity contribution in [3.8, 4) is 11.5 Å². The third-order valence-electron chi connectivity index (χ3n) is 3.82. The van der Waals surface area contributed by atoms with E-state index in [9.17, 15) is 18.0 Å². The van der Waals surface area contributed by atoms with Crippen molar-refractivity contribution in [1.82, 2.24) is 10.9 Å². The Morgan fingerprint density at radius 1 is 0.931 bits per heavy atom. The molecule has 0 aliphatic rings. The van der Waals surface area contributed by atoms with Crippen LogP contribution in [0.5, 0.6) is 11.5 Å². The summed E-state index contributed by atoms with van der Waals surface area (Å²) in [5.74, 6) is -0.208. The molecule has 0 spiro atoms. The zero-order chi connectivity index (χ0) is 21.4. The average Bonchev–Trinajstić information content (AvgIpc) is 2.69. The Bertz CT molecular complexity index is 971. The molecule has 0 saturated carbocycles. The number of sulfone groups is 1. The second-order valence-corrected chi connectivity index (χ2v) is 8.53. The fourth-order valence-corrected chi connectivity index (χ4v) is 3.25. The molecule has 0 aliphatic heterocycles. The first-order valence-corrected chi connectivity index (χ1v) is 11.0. The van der Waals surface area contributed by atoms with Crippen LogP contribution < -0.4 is 20.3 Å². The van der Waals surface area contributed by atoms with Crippen molar-refractivity contribution in [2.75, 3.05) is 20.0 Å². The largest absolute Gasteiger partial charge is 0.493 e. The Morgan fingerprint density at radius 2 is 1.52 bits per heavy atom. The SMILES string of the molecule is CCCOc1ccc(C(=O)NNC(=O)c2ccc(CS(C)(=O)=O)cc2)cc1OC. The molecule has 156 valence electrons. The Morgan fingerprint density at radius 3 is 2.07 bits per heavy atom. The summed E-state index contributed by atoms with van der Waals surface area (Å²) in [4.78, 5) is 24.5. The molecule has 0 saturated heterocycles. The van der Waals surface area contributed by atoms with E-state index in [4.69, 9.17) is 9.47 Å². The zero-order valence-electron chi connectivity index (χ0n) is 16.5. The highest BCUT2D eigenvalue weighted by atomic mass is 32.2. The number of ether oxygens (including phenoxy) is 2. The predicted octanol–water partition coefficient (Wildman–Crippen LogP) is 2.10. The van der Waals surface area contributed by atoms with Gasteiger partial charge in [-0.1, -0.05) is 19.1 Å². The molecule has 29 heavy (non-hydrogen) atoms. The lowest BCUT2D eigenvalue weighted by Gasteiger charge is -2.12. The van der Waals surface area contributed by atoms with Crippen molar-refractivity contribution in [2.45, 2.75) is 19.1 Å². The van der Waals surface area contributed by atoms with E-state index in [0.29, 0.717) is 23.7 Å². The van der Waals surface area contributed by atoms with Crippen LogP contribution in [0.4, 0.5) is 0 Å². The Kier molecular flexibility index (Phi) is 7.60. The number of hydrogen-bond acceptors (Lipinski definition) is 6. The van der Waals surface area contributed by atoms with E-state index >= 15 is 0 Å². The van der Waals surface area contributed by atoms with Crippen molar-refractivity contribution >= 4 is 21.7 Å². The molecule has 0 atom stereocenters. The van der Waals surface area contributed by atoms with Gasteiger partial charge in [0.25, 0.3) is 11.8 Å². The van der Waals surface area contributed by atoms with Gasteiger partial charge >= 0.3 is 0 Å². The van der Waals surface area contributed by atoms with Gasteiger partial charge in [-0.05, 0) is 42.3 Å². The summed E-state index contributed by atoms with van der Waals surface area (Å²) >= 11 is 0. The Balaban J connectivity index is 1.98. The van der Waals surface area contributed by atoms with Gasteiger partial charge in [0, 0.05) is 17.4 Å². The highest BCUT2D eigenvalue weighted by Crippen LogP contribution is 2.28. The third kappa shape index (κ3) is 6.79.